The minimum atomic E-state index is -4.56. The van der Waals surface area contributed by atoms with Crippen LogP contribution in [0, 0.1) is 0 Å². The molecule has 158 valence electrons. The topological polar surface area (TPSA) is 107 Å². The lowest BCUT2D eigenvalue weighted by atomic mass is 10.2. The van der Waals surface area contributed by atoms with Crippen LogP contribution in [0.2, 0.25) is 5.02 Å². The molecule has 1 aromatic carbocycles. The van der Waals surface area contributed by atoms with Crippen molar-refractivity contribution in [3.05, 3.63) is 47.4 Å². The number of nitrogens with one attached hydrogen (secondary N) is 2. The molecule has 0 atom stereocenters. The van der Waals surface area contributed by atoms with E-state index in [-0.39, 0.29) is 28.2 Å². The van der Waals surface area contributed by atoms with Crippen molar-refractivity contribution in [3.63, 3.8) is 0 Å². The standard InChI is InChI=1S/C18H16ClF3N6O2/c1-29-10-3-4-13(30-2)12(6-10)27-16-14(23)17(26-8-25-16)28-15-11(19)5-9(7-24-15)18(20,21)22/h3-8H,23H2,1-2H3,(H2,24,25,26,27,28). The number of methoxy groups -OCH3 is 2. The molecule has 4 N–H and O–H groups in total. The zero-order valence-electron chi connectivity index (χ0n) is 15.7. The third-order valence-corrected chi connectivity index (χ3v) is 4.24. The summed E-state index contributed by atoms with van der Waals surface area (Å²) >= 11 is 5.92. The van der Waals surface area contributed by atoms with Crippen LogP contribution in [-0.2, 0) is 6.18 Å². The van der Waals surface area contributed by atoms with Gasteiger partial charge in [-0.15, -0.1) is 0 Å². The molecule has 2 aromatic heterocycles. The van der Waals surface area contributed by atoms with Crippen molar-refractivity contribution in [2.45, 2.75) is 6.18 Å². The van der Waals surface area contributed by atoms with Crippen LogP contribution in [0.4, 0.5) is 42.0 Å². The molecule has 2 heterocycles. The molecule has 0 spiro atoms. The third kappa shape index (κ3) is 4.57. The van der Waals surface area contributed by atoms with Crippen LogP contribution in [0.5, 0.6) is 11.5 Å². The Labute approximate surface area is 174 Å². The number of pyridine rings is 1. The number of benzene rings is 1. The normalized spacial score (nSPS) is 11.1. The van der Waals surface area contributed by atoms with Gasteiger partial charge in [0, 0.05) is 12.3 Å². The molecule has 0 unspecified atom stereocenters. The monoisotopic (exact) mass is 440 g/mol. The first-order valence-corrected chi connectivity index (χ1v) is 8.70. The van der Waals surface area contributed by atoms with E-state index in [2.05, 4.69) is 25.6 Å². The molecular formula is C18H16ClF3N6O2. The van der Waals surface area contributed by atoms with Gasteiger partial charge < -0.3 is 25.8 Å². The van der Waals surface area contributed by atoms with Crippen LogP contribution in [-0.4, -0.2) is 29.2 Å². The van der Waals surface area contributed by atoms with Gasteiger partial charge in [0.1, 0.15) is 29.3 Å². The molecule has 0 amide bonds. The van der Waals surface area contributed by atoms with E-state index >= 15 is 0 Å². The van der Waals surface area contributed by atoms with Crippen LogP contribution < -0.4 is 25.8 Å². The van der Waals surface area contributed by atoms with Gasteiger partial charge in [0.25, 0.3) is 0 Å². The first-order valence-electron chi connectivity index (χ1n) is 8.32. The summed E-state index contributed by atoms with van der Waals surface area (Å²) < 4.78 is 48.8. The number of anilines is 5. The zero-order chi connectivity index (χ0) is 21.9. The van der Waals surface area contributed by atoms with E-state index < -0.39 is 11.7 Å². The summed E-state index contributed by atoms with van der Waals surface area (Å²) in [6, 6.07) is 5.86. The summed E-state index contributed by atoms with van der Waals surface area (Å²) in [5, 5.41) is 5.48. The van der Waals surface area contributed by atoms with Crippen LogP contribution >= 0.6 is 11.6 Å². The number of nitrogen functional groups attached to an aromatic ring is 1. The fourth-order valence-corrected chi connectivity index (χ4v) is 2.64. The van der Waals surface area contributed by atoms with Gasteiger partial charge in [-0.3, -0.25) is 0 Å². The highest BCUT2D eigenvalue weighted by atomic mass is 35.5. The Hall–Kier alpha value is -3.47. The van der Waals surface area contributed by atoms with Gasteiger partial charge in [-0.1, -0.05) is 11.6 Å². The van der Waals surface area contributed by atoms with Crippen LogP contribution in [0.1, 0.15) is 5.56 Å². The van der Waals surface area contributed by atoms with Gasteiger partial charge in [0.15, 0.2) is 11.6 Å². The predicted octanol–water partition coefficient (Wildman–Crippen LogP) is 4.63. The fraction of sp³-hybridized carbons (Fsp3) is 0.167. The van der Waals surface area contributed by atoms with E-state index in [0.717, 1.165) is 6.07 Å². The summed E-state index contributed by atoms with van der Waals surface area (Å²) in [5.74, 6) is 1.37. The van der Waals surface area contributed by atoms with E-state index in [9.17, 15) is 13.2 Å². The predicted molar refractivity (Wildman–Crippen MR) is 107 cm³/mol. The van der Waals surface area contributed by atoms with E-state index in [1.807, 2.05) is 0 Å². The highest BCUT2D eigenvalue weighted by molar-refractivity contribution is 6.33. The quantitative estimate of drug-likeness (QED) is 0.509. The average molecular weight is 441 g/mol. The smallest absolute Gasteiger partial charge is 0.417 e. The molecule has 0 aliphatic heterocycles. The molecule has 30 heavy (non-hydrogen) atoms. The summed E-state index contributed by atoms with van der Waals surface area (Å²) in [6.45, 7) is 0. The molecule has 3 rings (SSSR count). The first-order chi connectivity index (χ1) is 14.2. The third-order valence-electron chi connectivity index (χ3n) is 3.95. The Balaban J connectivity index is 1.89. The number of alkyl halides is 3. The molecule has 3 aromatic rings. The Morgan fingerprint density at radius 1 is 0.967 bits per heavy atom. The molecule has 0 saturated carbocycles. The number of nitrogens with zero attached hydrogens (tertiary/aromatic N) is 3. The number of ether oxygens (including phenoxy) is 2. The van der Waals surface area contributed by atoms with Gasteiger partial charge in [-0.05, 0) is 18.2 Å². The van der Waals surface area contributed by atoms with Gasteiger partial charge >= 0.3 is 6.18 Å². The maximum absolute atomic E-state index is 12.8. The number of aromatic nitrogens is 3. The highest BCUT2D eigenvalue weighted by Gasteiger charge is 2.31. The lowest BCUT2D eigenvalue weighted by Crippen LogP contribution is -2.09. The average Bonchev–Trinajstić information content (AvgIpc) is 2.71. The Morgan fingerprint density at radius 3 is 2.27 bits per heavy atom. The first kappa shape index (κ1) is 21.2. The Morgan fingerprint density at radius 2 is 1.67 bits per heavy atom. The SMILES string of the molecule is COc1ccc(OC)c(Nc2ncnc(Nc3ncc(C(F)(F)F)cc3Cl)c2N)c1. The highest BCUT2D eigenvalue weighted by Crippen LogP contribution is 2.36. The zero-order valence-corrected chi connectivity index (χ0v) is 16.5. The second-order valence-electron chi connectivity index (χ2n) is 5.85. The molecule has 12 heteroatoms. The molecule has 0 saturated heterocycles. The molecule has 0 fully saturated rings. The van der Waals surface area contributed by atoms with Gasteiger partial charge in [0.05, 0.1) is 30.5 Å². The van der Waals surface area contributed by atoms with Gasteiger partial charge in [-0.2, -0.15) is 13.2 Å². The van der Waals surface area contributed by atoms with E-state index in [1.165, 1.54) is 20.5 Å². The van der Waals surface area contributed by atoms with E-state index in [4.69, 9.17) is 26.8 Å². The van der Waals surface area contributed by atoms with E-state index in [1.54, 1.807) is 18.2 Å². The molecule has 0 radical (unpaired) electrons. The summed E-state index contributed by atoms with van der Waals surface area (Å²) in [7, 11) is 3.02. The second-order valence-corrected chi connectivity index (χ2v) is 6.26. The van der Waals surface area contributed by atoms with Crippen molar-refractivity contribution in [1.29, 1.82) is 0 Å². The Kier molecular flexibility index (Phi) is 6.01. The summed E-state index contributed by atoms with van der Waals surface area (Å²) in [4.78, 5) is 11.8. The summed E-state index contributed by atoms with van der Waals surface area (Å²) in [5.41, 5.74) is 5.76. The van der Waals surface area contributed by atoms with Crippen molar-refractivity contribution in [2.24, 2.45) is 0 Å². The number of hydrogen-bond acceptors (Lipinski definition) is 8. The molecule has 0 aliphatic rings. The Bertz CT molecular complexity index is 1060. The molecule has 0 aliphatic carbocycles. The largest absolute Gasteiger partial charge is 0.497 e. The van der Waals surface area contributed by atoms with Crippen molar-refractivity contribution in [2.75, 3.05) is 30.6 Å². The number of rotatable bonds is 6. The molecule has 8 nitrogen and oxygen atoms in total. The number of halogens is 4. The van der Waals surface area contributed by atoms with Crippen LogP contribution in [0.15, 0.2) is 36.8 Å². The minimum absolute atomic E-state index is 0.0417. The van der Waals surface area contributed by atoms with Crippen molar-refractivity contribution in [1.82, 2.24) is 15.0 Å². The summed E-state index contributed by atoms with van der Waals surface area (Å²) in [6.07, 6.45) is -2.69. The number of hydrogen-bond donors (Lipinski definition) is 3. The lowest BCUT2D eigenvalue weighted by Gasteiger charge is -2.15. The molecular weight excluding hydrogens is 425 g/mol. The van der Waals surface area contributed by atoms with Gasteiger partial charge in [0.2, 0.25) is 0 Å². The van der Waals surface area contributed by atoms with Crippen LogP contribution in [0.25, 0.3) is 0 Å². The number of nitrogens with two attached hydrogens (primary N) is 1. The van der Waals surface area contributed by atoms with Gasteiger partial charge in [-0.25, -0.2) is 15.0 Å². The van der Waals surface area contributed by atoms with Crippen molar-refractivity contribution < 1.29 is 22.6 Å². The maximum atomic E-state index is 12.8. The molecule has 0 bridgehead atoms. The van der Waals surface area contributed by atoms with Crippen molar-refractivity contribution in [3.8, 4) is 11.5 Å². The van der Waals surface area contributed by atoms with E-state index in [0.29, 0.717) is 23.4 Å². The minimum Gasteiger partial charge on any atom is -0.497 e. The van der Waals surface area contributed by atoms with Crippen molar-refractivity contribution >= 4 is 40.4 Å². The second kappa shape index (κ2) is 8.49. The fourth-order valence-electron chi connectivity index (χ4n) is 2.43. The van der Waals surface area contributed by atoms with Crippen LogP contribution in [0.3, 0.4) is 0 Å². The lowest BCUT2D eigenvalue weighted by molar-refractivity contribution is -0.137. The maximum Gasteiger partial charge on any atom is 0.417 e.